The first-order chi connectivity index (χ1) is 13.1. The van der Waals surface area contributed by atoms with E-state index in [1.165, 1.54) is 0 Å². The van der Waals surface area contributed by atoms with Gasteiger partial charge in [0.05, 0.1) is 22.8 Å². The molecule has 4 rings (SSSR count). The molecule has 0 fully saturated rings. The lowest BCUT2D eigenvalue weighted by Crippen LogP contribution is -2.27. The summed E-state index contributed by atoms with van der Waals surface area (Å²) >= 11 is 6.39. The summed E-state index contributed by atoms with van der Waals surface area (Å²) in [6, 6.07) is 5.48. The van der Waals surface area contributed by atoms with E-state index < -0.39 is 0 Å². The average molecular weight is 389 g/mol. The maximum Gasteiger partial charge on any atom is 0.231 e. The van der Waals surface area contributed by atoms with Gasteiger partial charge in [-0.3, -0.25) is 9.58 Å². The molecule has 0 amide bonds. The molecular formula is C19H21ClN4O3. The summed E-state index contributed by atoms with van der Waals surface area (Å²) in [6.07, 6.45) is 3.76. The molecule has 0 N–H and O–H groups in total. The van der Waals surface area contributed by atoms with Crippen LogP contribution < -0.4 is 9.47 Å². The highest BCUT2D eigenvalue weighted by Gasteiger charge is 2.21. The van der Waals surface area contributed by atoms with Gasteiger partial charge in [0.2, 0.25) is 12.7 Å². The Morgan fingerprint density at radius 1 is 1.26 bits per heavy atom. The first-order valence-corrected chi connectivity index (χ1v) is 9.27. The van der Waals surface area contributed by atoms with Gasteiger partial charge in [-0.2, -0.15) is 5.10 Å². The number of hydrogen-bond acceptors (Lipinski definition) is 6. The largest absolute Gasteiger partial charge is 0.454 e. The van der Waals surface area contributed by atoms with Gasteiger partial charge in [-0.05, 0) is 25.6 Å². The van der Waals surface area contributed by atoms with Crippen LogP contribution in [0.25, 0.3) is 11.5 Å². The Kier molecular flexibility index (Phi) is 5.05. The highest BCUT2D eigenvalue weighted by Crippen LogP contribution is 2.41. The monoisotopic (exact) mass is 388 g/mol. The molecule has 0 saturated heterocycles. The van der Waals surface area contributed by atoms with Gasteiger partial charge < -0.3 is 13.9 Å². The van der Waals surface area contributed by atoms with Gasteiger partial charge in [-0.25, -0.2) is 4.98 Å². The average Bonchev–Trinajstić information content (AvgIpc) is 3.39. The van der Waals surface area contributed by atoms with Crippen LogP contribution in [0.5, 0.6) is 11.5 Å². The van der Waals surface area contributed by atoms with Crippen molar-refractivity contribution in [2.75, 3.05) is 19.9 Å². The SMILES string of the molecule is CCN(CCn1cccn1)Cc1nc(-c2cc3c(cc2Cl)OCO3)oc1C. The topological polar surface area (TPSA) is 65.6 Å². The highest BCUT2D eigenvalue weighted by molar-refractivity contribution is 6.33. The van der Waals surface area contributed by atoms with E-state index >= 15 is 0 Å². The van der Waals surface area contributed by atoms with Gasteiger partial charge in [0, 0.05) is 31.5 Å². The Hall–Kier alpha value is -2.51. The molecule has 3 aromatic rings. The van der Waals surface area contributed by atoms with Crippen molar-refractivity contribution in [1.82, 2.24) is 19.7 Å². The minimum atomic E-state index is 0.201. The van der Waals surface area contributed by atoms with Crippen molar-refractivity contribution in [2.45, 2.75) is 26.9 Å². The molecule has 2 aromatic heterocycles. The fourth-order valence-corrected chi connectivity index (χ4v) is 3.24. The van der Waals surface area contributed by atoms with Crippen molar-refractivity contribution < 1.29 is 13.9 Å². The Balaban J connectivity index is 1.51. The van der Waals surface area contributed by atoms with Gasteiger partial charge >= 0.3 is 0 Å². The zero-order valence-corrected chi connectivity index (χ0v) is 16.1. The summed E-state index contributed by atoms with van der Waals surface area (Å²) in [5.74, 6) is 2.58. The minimum Gasteiger partial charge on any atom is -0.454 e. The van der Waals surface area contributed by atoms with Gasteiger partial charge in [0.25, 0.3) is 0 Å². The summed E-state index contributed by atoms with van der Waals surface area (Å²) in [4.78, 5) is 6.99. The number of benzene rings is 1. The Labute approximate surface area is 162 Å². The van der Waals surface area contributed by atoms with E-state index in [4.69, 9.17) is 25.5 Å². The molecule has 0 unspecified atom stereocenters. The lowest BCUT2D eigenvalue weighted by Gasteiger charge is -2.19. The fraction of sp³-hybridized carbons (Fsp3) is 0.368. The van der Waals surface area contributed by atoms with Crippen LogP contribution in [-0.2, 0) is 13.1 Å². The van der Waals surface area contributed by atoms with Crippen molar-refractivity contribution in [1.29, 1.82) is 0 Å². The number of oxazole rings is 1. The minimum absolute atomic E-state index is 0.201. The maximum atomic E-state index is 6.39. The first kappa shape index (κ1) is 17.9. The second kappa shape index (κ2) is 7.62. The predicted octanol–water partition coefficient (Wildman–Crippen LogP) is 3.75. The van der Waals surface area contributed by atoms with E-state index in [0.717, 1.165) is 31.1 Å². The van der Waals surface area contributed by atoms with E-state index in [9.17, 15) is 0 Å². The summed E-state index contributed by atoms with van der Waals surface area (Å²) in [6.45, 7) is 7.58. The molecule has 8 heteroatoms. The van der Waals surface area contributed by atoms with Crippen LogP contribution in [0.1, 0.15) is 18.4 Å². The summed E-state index contributed by atoms with van der Waals surface area (Å²) in [5.41, 5.74) is 1.61. The number of aryl methyl sites for hydroxylation is 1. The number of ether oxygens (including phenoxy) is 2. The number of likely N-dealkylation sites (N-methyl/N-ethyl adjacent to an activating group) is 1. The van der Waals surface area contributed by atoms with E-state index in [-0.39, 0.29) is 6.79 Å². The van der Waals surface area contributed by atoms with Crippen LogP contribution >= 0.6 is 11.6 Å². The zero-order chi connectivity index (χ0) is 18.8. The third-order valence-corrected chi connectivity index (χ3v) is 4.92. The normalized spacial score (nSPS) is 12.9. The highest BCUT2D eigenvalue weighted by atomic mass is 35.5. The van der Waals surface area contributed by atoms with E-state index in [0.29, 0.717) is 34.5 Å². The smallest absolute Gasteiger partial charge is 0.231 e. The third kappa shape index (κ3) is 3.79. The molecule has 3 heterocycles. The lowest BCUT2D eigenvalue weighted by molar-refractivity contribution is 0.174. The molecule has 7 nitrogen and oxygen atoms in total. The zero-order valence-electron chi connectivity index (χ0n) is 15.3. The van der Waals surface area contributed by atoms with Gasteiger partial charge in [-0.15, -0.1) is 0 Å². The van der Waals surface area contributed by atoms with Gasteiger partial charge in [0.1, 0.15) is 5.76 Å². The summed E-state index contributed by atoms with van der Waals surface area (Å²) < 4.78 is 18.6. The molecule has 0 radical (unpaired) electrons. The standard InChI is InChI=1S/C19H21ClN4O3/c1-3-23(7-8-24-6-4-5-21-24)11-16-13(2)27-19(22-16)14-9-17-18(10-15(14)20)26-12-25-17/h4-6,9-10H,3,7-8,11-12H2,1-2H3. The van der Waals surface area contributed by atoms with Crippen LogP contribution in [0.2, 0.25) is 5.02 Å². The van der Waals surface area contributed by atoms with Crippen molar-refractivity contribution >= 4 is 11.6 Å². The Morgan fingerprint density at radius 2 is 2.07 bits per heavy atom. The number of aromatic nitrogens is 3. The molecule has 0 aliphatic carbocycles. The number of nitrogens with zero attached hydrogens (tertiary/aromatic N) is 4. The van der Waals surface area contributed by atoms with Crippen LogP contribution in [0, 0.1) is 6.92 Å². The number of rotatable bonds is 7. The third-order valence-electron chi connectivity index (χ3n) is 4.61. The number of halogens is 1. The second-order valence-electron chi connectivity index (χ2n) is 6.35. The second-order valence-corrected chi connectivity index (χ2v) is 6.75. The van der Waals surface area contributed by atoms with Crippen molar-refractivity contribution in [3.05, 3.63) is 47.1 Å². The van der Waals surface area contributed by atoms with E-state index in [1.807, 2.05) is 29.9 Å². The molecule has 142 valence electrons. The molecule has 1 aliphatic rings. The summed E-state index contributed by atoms with van der Waals surface area (Å²) in [7, 11) is 0. The van der Waals surface area contributed by atoms with Crippen LogP contribution in [0.3, 0.4) is 0 Å². The maximum absolute atomic E-state index is 6.39. The van der Waals surface area contributed by atoms with Gasteiger partial charge in [-0.1, -0.05) is 18.5 Å². The van der Waals surface area contributed by atoms with E-state index in [1.54, 1.807) is 12.3 Å². The van der Waals surface area contributed by atoms with Gasteiger partial charge in [0.15, 0.2) is 11.5 Å². The quantitative estimate of drug-likeness (QED) is 0.614. The Morgan fingerprint density at radius 3 is 2.81 bits per heavy atom. The molecule has 0 bridgehead atoms. The molecule has 1 aliphatic heterocycles. The molecule has 1 aromatic carbocycles. The molecule has 0 saturated carbocycles. The number of hydrogen-bond donors (Lipinski definition) is 0. The molecular weight excluding hydrogens is 368 g/mol. The molecule has 0 spiro atoms. The van der Waals surface area contributed by atoms with Crippen LogP contribution in [-0.4, -0.2) is 39.5 Å². The molecule has 27 heavy (non-hydrogen) atoms. The fourth-order valence-electron chi connectivity index (χ4n) is 3.01. The van der Waals surface area contributed by atoms with Crippen molar-refractivity contribution in [2.24, 2.45) is 0 Å². The molecule has 0 atom stereocenters. The van der Waals surface area contributed by atoms with Crippen molar-refractivity contribution in [3.63, 3.8) is 0 Å². The van der Waals surface area contributed by atoms with Crippen LogP contribution in [0.4, 0.5) is 0 Å². The Bertz CT molecular complexity index is 923. The lowest BCUT2D eigenvalue weighted by atomic mass is 10.2. The van der Waals surface area contributed by atoms with Crippen molar-refractivity contribution in [3.8, 4) is 23.0 Å². The van der Waals surface area contributed by atoms with Crippen LogP contribution in [0.15, 0.2) is 35.0 Å². The first-order valence-electron chi connectivity index (χ1n) is 8.89. The number of fused-ring (bicyclic) bond motifs is 1. The predicted molar refractivity (Wildman–Crippen MR) is 101 cm³/mol. The van der Waals surface area contributed by atoms with E-state index in [2.05, 4.69) is 21.9 Å². The summed E-state index contributed by atoms with van der Waals surface area (Å²) in [5, 5.41) is 4.77.